The minimum Gasteiger partial charge on any atom is -0.316 e. The highest BCUT2D eigenvalue weighted by Gasteiger charge is 2.40. The number of anilines is 2. The second kappa shape index (κ2) is 9.49. The fourth-order valence-corrected chi connectivity index (χ4v) is 5.34. The van der Waals surface area contributed by atoms with Gasteiger partial charge in [0.05, 0.1) is 17.1 Å². The van der Waals surface area contributed by atoms with Gasteiger partial charge in [0.25, 0.3) is 0 Å². The number of aryl methyl sites for hydroxylation is 2. The minimum absolute atomic E-state index is 0.0258. The van der Waals surface area contributed by atoms with Gasteiger partial charge in [-0.25, -0.2) is 9.18 Å². The van der Waals surface area contributed by atoms with Crippen molar-refractivity contribution >= 4 is 23.3 Å². The molecule has 1 N–H and O–H groups in total. The molecule has 7 heteroatoms. The van der Waals surface area contributed by atoms with Crippen LogP contribution in [-0.2, 0) is 4.79 Å². The topological polar surface area (TPSA) is 57.6 Å². The Bertz CT molecular complexity index is 1520. The number of aromatic nitrogens is 1. The van der Waals surface area contributed by atoms with Gasteiger partial charge < -0.3 is 14.8 Å². The van der Waals surface area contributed by atoms with Crippen LogP contribution in [0.4, 0.5) is 20.6 Å². The van der Waals surface area contributed by atoms with E-state index in [0.29, 0.717) is 0 Å². The maximum atomic E-state index is 14.2. The first-order valence-electron chi connectivity index (χ1n) is 12.9. The third kappa shape index (κ3) is 4.34. The molecule has 1 fully saturated rings. The number of nitrogens with one attached hydrogen (secondary N) is 1. The number of amides is 3. The average molecular weight is 509 g/mol. The maximum absolute atomic E-state index is 14.2. The number of hydrogen-bond acceptors (Lipinski definition) is 2. The molecule has 1 saturated carbocycles. The van der Waals surface area contributed by atoms with Crippen LogP contribution in [0.3, 0.4) is 0 Å². The van der Waals surface area contributed by atoms with Crippen LogP contribution in [0.2, 0.25) is 0 Å². The van der Waals surface area contributed by atoms with Crippen LogP contribution in [0.25, 0.3) is 5.69 Å². The monoisotopic (exact) mass is 508 g/mol. The van der Waals surface area contributed by atoms with E-state index in [9.17, 15) is 14.0 Å². The van der Waals surface area contributed by atoms with E-state index in [0.717, 1.165) is 52.3 Å². The van der Waals surface area contributed by atoms with Crippen LogP contribution in [0, 0.1) is 19.7 Å². The average Bonchev–Trinajstić information content (AvgIpc) is 3.63. The van der Waals surface area contributed by atoms with Crippen LogP contribution >= 0.6 is 0 Å². The third-order valence-corrected chi connectivity index (χ3v) is 7.35. The van der Waals surface area contributed by atoms with Gasteiger partial charge in [-0.05, 0) is 80.3 Å². The third-order valence-electron chi connectivity index (χ3n) is 7.35. The molecule has 1 atom stereocenters. The summed E-state index contributed by atoms with van der Waals surface area (Å²) in [5.41, 5.74) is 6.17. The van der Waals surface area contributed by atoms with Gasteiger partial charge in [-0.15, -0.1) is 0 Å². The molecule has 3 aromatic carbocycles. The van der Waals surface area contributed by atoms with Crippen molar-refractivity contribution in [3.8, 4) is 5.69 Å². The summed E-state index contributed by atoms with van der Waals surface area (Å²) in [6, 6.07) is 23.1. The van der Waals surface area contributed by atoms with Crippen molar-refractivity contribution in [2.45, 2.75) is 38.8 Å². The summed E-state index contributed by atoms with van der Waals surface area (Å²) in [5.74, 6) is -0.525. The van der Waals surface area contributed by atoms with Gasteiger partial charge in [0, 0.05) is 17.9 Å². The van der Waals surface area contributed by atoms with Gasteiger partial charge in [0.2, 0.25) is 5.91 Å². The van der Waals surface area contributed by atoms with Crippen molar-refractivity contribution in [3.63, 3.8) is 0 Å². The number of halogens is 1. The standard InChI is InChI=1S/C31H29FN4O2/c1-20-9-16-25(21(2)18-20)33-31(38)35(24-14-15-24)19-29(37)36-27-7-4-3-6-26(27)34-17-5-8-28(34)30(36)22-10-12-23(32)13-11-22/h3-13,16-18,24,30H,14-15,19H2,1-2H3,(H,33,38). The lowest BCUT2D eigenvalue weighted by Gasteiger charge is -2.39. The molecule has 6 nitrogen and oxygen atoms in total. The number of urea groups is 1. The molecule has 2 aliphatic rings. The lowest BCUT2D eigenvalue weighted by molar-refractivity contribution is -0.119. The molecule has 6 rings (SSSR count). The fraction of sp³-hybridized carbons (Fsp3) is 0.226. The Morgan fingerprint density at radius 3 is 2.39 bits per heavy atom. The molecule has 0 spiro atoms. The summed E-state index contributed by atoms with van der Waals surface area (Å²) in [6.45, 7) is 3.91. The number of rotatable bonds is 5. The molecule has 1 aliphatic carbocycles. The Kier molecular flexibility index (Phi) is 5.98. The number of fused-ring (bicyclic) bond motifs is 3. The van der Waals surface area contributed by atoms with Crippen molar-refractivity contribution < 1.29 is 14.0 Å². The Morgan fingerprint density at radius 1 is 0.947 bits per heavy atom. The molecule has 0 radical (unpaired) electrons. The van der Waals surface area contributed by atoms with Gasteiger partial charge in [0.15, 0.2) is 0 Å². The summed E-state index contributed by atoms with van der Waals surface area (Å²) in [4.78, 5) is 31.0. The zero-order chi connectivity index (χ0) is 26.4. The Balaban J connectivity index is 1.35. The Hall–Kier alpha value is -4.39. The highest BCUT2D eigenvalue weighted by molar-refractivity contribution is 6.01. The minimum atomic E-state index is -0.462. The molecule has 1 unspecified atom stereocenters. The van der Waals surface area contributed by atoms with E-state index in [1.165, 1.54) is 12.1 Å². The first-order valence-corrected chi connectivity index (χ1v) is 12.9. The zero-order valence-electron chi connectivity index (χ0n) is 21.4. The summed E-state index contributed by atoms with van der Waals surface area (Å²) in [7, 11) is 0. The van der Waals surface area contributed by atoms with E-state index < -0.39 is 6.04 Å². The second-order valence-electron chi connectivity index (χ2n) is 10.1. The largest absolute Gasteiger partial charge is 0.322 e. The lowest BCUT2D eigenvalue weighted by atomic mass is 9.97. The lowest BCUT2D eigenvalue weighted by Crippen LogP contribution is -2.48. The molecule has 2 heterocycles. The van der Waals surface area contributed by atoms with E-state index in [4.69, 9.17) is 0 Å². The van der Waals surface area contributed by atoms with Gasteiger partial charge in [0.1, 0.15) is 18.4 Å². The molecule has 3 amide bonds. The van der Waals surface area contributed by atoms with Gasteiger partial charge in [-0.2, -0.15) is 0 Å². The van der Waals surface area contributed by atoms with E-state index in [-0.39, 0.29) is 30.3 Å². The first-order chi connectivity index (χ1) is 18.4. The number of nitrogens with zero attached hydrogens (tertiary/aromatic N) is 3. The van der Waals surface area contributed by atoms with Crippen molar-refractivity contribution in [2.24, 2.45) is 0 Å². The van der Waals surface area contributed by atoms with Crippen molar-refractivity contribution in [3.05, 3.63) is 113 Å². The van der Waals surface area contributed by atoms with Crippen LogP contribution in [0.5, 0.6) is 0 Å². The molecule has 38 heavy (non-hydrogen) atoms. The normalized spacial score (nSPS) is 16.0. The molecular formula is C31H29FN4O2. The predicted molar refractivity (Wildman–Crippen MR) is 146 cm³/mol. The molecule has 4 aromatic rings. The number of carbonyl (C=O) groups is 2. The smallest absolute Gasteiger partial charge is 0.316 e. The van der Waals surface area contributed by atoms with Crippen molar-refractivity contribution in [2.75, 3.05) is 16.8 Å². The quantitative estimate of drug-likeness (QED) is 0.341. The van der Waals surface area contributed by atoms with Crippen LogP contribution in [0.15, 0.2) is 85.1 Å². The molecule has 1 aromatic heterocycles. The highest BCUT2D eigenvalue weighted by atomic mass is 19.1. The van der Waals surface area contributed by atoms with E-state index in [1.54, 1.807) is 21.9 Å². The zero-order valence-corrected chi connectivity index (χ0v) is 21.4. The first kappa shape index (κ1) is 24.0. The van der Waals surface area contributed by atoms with E-state index in [2.05, 4.69) is 9.88 Å². The van der Waals surface area contributed by atoms with E-state index >= 15 is 0 Å². The molecular weight excluding hydrogens is 479 g/mol. The highest BCUT2D eigenvalue weighted by Crippen LogP contribution is 2.42. The van der Waals surface area contributed by atoms with Crippen LogP contribution in [0.1, 0.15) is 41.3 Å². The number of hydrogen-bond donors (Lipinski definition) is 1. The summed E-state index contributed by atoms with van der Waals surface area (Å²) in [5, 5.41) is 3.02. The summed E-state index contributed by atoms with van der Waals surface area (Å²) in [6.07, 6.45) is 3.71. The van der Waals surface area contributed by atoms with Crippen molar-refractivity contribution in [1.29, 1.82) is 0 Å². The molecule has 0 bridgehead atoms. The second-order valence-corrected chi connectivity index (χ2v) is 10.1. The fourth-order valence-electron chi connectivity index (χ4n) is 5.34. The summed E-state index contributed by atoms with van der Waals surface area (Å²) < 4.78 is 15.9. The maximum Gasteiger partial charge on any atom is 0.322 e. The van der Waals surface area contributed by atoms with E-state index in [1.807, 2.05) is 74.6 Å². The number of carbonyl (C=O) groups excluding carboxylic acids is 2. The van der Waals surface area contributed by atoms with Crippen molar-refractivity contribution in [1.82, 2.24) is 9.47 Å². The van der Waals surface area contributed by atoms with Gasteiger partial charge >= 0.3 is 6.03 Å². The molecule has 192 valence electrons. The molecule has 0 saturated heterocycles. The Labute approximate surface area is 221 Å². The Morgan fingerprint density at radius 2 is 1.68 bits per heavy atom. The molecule has 1 aliphatic heterocycles. The SMILES string of the molecule is Cc1ccc(NC(=O)N(CC(=O)N2c3ccccc3-n3cccc3C2c2ccc(F)cc2)C2CC2)c(C)c1. The van der Waals surface area contributed by atoms with Crippen LogP contribution < -0.4 is 10.2 Å². The van der Waals surface area contributed by atoms with Crippen LogP contribution in [-0.4, -0.2) is 34.0 Å². The van der Waals surface area contributed by atoms with Gasteiger partial charge in [-0.3, -0.25) is 9.69 Å². The number of para-hydroxylation sites is 2. The van der Waals surface area contributed by atoms with Gasteiger partial charge in [-0.1, -0.05) is 42.0 Å². The predicted octanol–water partition coefficient (Wildman–Crippen LogP) is 6.37. The summed E-state index contributed by atoms with van der Waals surface area (Å²) >= 11 is 0. The number of benzene rings is 3.